The Morgan fingerprint density at radius 2 is 0.643 bits per heavy atom. The summed E-state index contributed by atoms with van der Waals surface area (Å²) in [5, 5.41) is 0. The number of carbonyl (C=O) groups is 15. The molecule has 9 atom stereocenters. The number of esters is 15. The summed E-state index contributed by atoms with van der Waals surface area (Å²) >= 11 is 0. The van der Waals surface area contributed by atoms with Gasteiger partial charge in [-0.15, -0.1) is 0 Å². The summed E-state index contributed by atoms with van der Waals surface area (Å²) in [5.74, 6) is -8.13. The van der Waals surface area contributed by atoms with Crippen LogP contribution in [0.25, 0.3) is 0 Å². The Morgan fingerprint density at radius 3 is 0.908 bits per heavy atom. The highest BCUT2D eigenvalue weighted by molar-refractivity contribution is 5.86. The predicted octanol–water partition coefficient (Wildman–Crippen LogP) is 7.20. The highest BCUT2D eigenvalue weighted by Crippen LogP contribution is 2.27. The van der Waals surface area contributed by atoms with Crippen molar-refractivity contribution in [3.8, 4) is 0 Å². The SMILES string of the molecule is C.CCC(C)(C)C(=O)OCC(=O)OC1C(=O)OCC1C.CCC(C)(C)C(=O)OCC(=O)OC1CC(C)OC1=O.CCC(C)(C)C(=O)OCCC(=O)OC1C(=O)OCC1C.CCC(C)(C)C(=O)OCCC(=O)OC1CC(C)OC1=O.CCC(C)(C)C(=O)OCCC(=O)OC1CCOC1=O. The number of hydrogen-bond donors (Lipinski definition) is 0. The Hall–Kier alpha value is -7.95. The molecule has 560 valence electrons. The lowest BCUT2D eigenvalue weighted by Gasteiger charge is -2.20. The zero-order chi connectivity index (χ0) is 74.4. The van der Waals surface area contributed by atoms with Gasteiger partial charge in [-0.05, 0) is 115 Å². The van der Waals surface area contributed by atoms with E-state index >= 15 is 0 Å². The van der Waals surface area contributed by atoms with E-state index in [1.807, 2.05) is 34.6 Å². The van der Waals surface area contributed by atoms with Gasteiger partial charge in [0.15, 0.2) is 13.2 Å². The van der Waals surface area contributed by atoms with Crippen LogP contribution in [-0.4, -0.2) is 185 Å². The van der Waals surface area contributed by atoms with Gasteiger partial charge >= 0.3 is 89.5 Å². The van der Waals surface area contributed by atoms with Gasteiger partial charge < -0.3 is 71.1 Å². The predicted molar refractivity (Wildman–Crippen MR) is 341 cm³/mol. The van der Waals surface area contributed by atoms with Gasteiger partial charge in [0.2, 0.25) is 30.5 Å². The average molecular weight is 1410 g/mol. The Morgan fingerprint density at radius 1 is 0.367 bits per heavy atom. The number of cyclic esters (lactones) is 5. The number of rotatable bonds is 28. The van der Waals surface area contributed by atoms with Crippen LogP contribution in [0.2, 0.25) is 0 Å². The molecule has 5 heterocycles. The zero-order valence-corrected chi connectivity index (χ0v) is 59.9. The van der Waals surface area contributed by atoms with E-state index in [-0.39, 0.29) is 108 Å². The van der Waals surface area contributed by atoms with E-state index in [0.717, 1.165) is 0 Å². The summed E-state index contributed by atoms with van der Waals surface area (Å²) in [4.78, 5) is 172. The van der Waals surface area contributed by atoms with E-state index in [4.69, 9.17) is 66.3 Å². The first kappa shape index (κ1) is 90.0. The monoisotopic (exact) mass is 1400 g/mol. The standard InChI is InChI=1S/2C14H22O6.3C13H20O6.CH4/c1-5-14(3,4)13(17)18-7-6-11(15)20-10-8-9(2)19-12(10)16;1-5-14(3,4)13(17)18-7-6-10(15)20-11-9(2)8-19-12(11)16;1-5-13(3,4)12(16)18-7-9(14)19-10-8(2)6-17-11(10)15;1-5-13(3,4)12(16)17-7-10(14)19-9-6-8(2)18-11(9)15;1-4-13(2,3)12(16)18-8-6-10(14)19-9-5-7-17-11(9)15;/h9-10H,5-8H2,1-4H3;9,11H,5-8H2,1-4H3;8,10H,5-7H2,1-4H3;8-9H,5-7H2,1-4H3;9H,4-8H2,1-3H3;1H4. The molecular weight excluding hydrogens is 1300 g/mol. The molecule has 0 spiro atoms. The van der Waals surface area contributed by atoms with Crippen LogP contribution in [0.1, 0.15) is 210 Å². The molecule has 5 aliphatic heterocycles. The molecule has 5 fully saturated rings. The molecule has 0 amide bonds. The molecule has 5 rings (SSSR count). The van der Waals surface area contributed by atoms with Crippen LogP contribution in [0, 0.1) is 38.9 Å². The first-order valence-electron chi connectivity index (χ1n) is 32.7. The second-order valence-electron chi connectivity index (χ2n) is 26.9. The van der Waals surface area contributed by atoms with Gasteiger partial charge in [-0.25, -0.2) is 33.6 Å². The molecule has 0 aromatic heterocycles. The topological polar surface area (TPSA) is 394 Å². The van der Waals surface area contributed by atoms with Gasteiger partial charge in [-0.2, -0.15) is 0 Å². The number of hydrogen-bond acceptors (Lipinski definition) is 30. The van der Waals surface area contributed by atoms with Crippen LogP contribution >= 0.6 is 0 Å². The van der Waals surface area contributed by atoms with Crippen molar-refractivity contribution in [3.63, 3.8) is 0 Å². The second kappa shape index (κ2) is 42.1. The van der Waals surface area contributed by atoms with Gasteiger partial charge in [0.05, 0.1) is 66.2 Å². The van der Waals surface area contributed by atoms with Gasteiger partial charge in [-0.1, -0.05) is 55.9 Å². The lowest BCUT2D eigenvalue weighted by atomic mass is 9.91. The first-order valence-corrected chi connectivity index (χ1v) is 32.7. The van der Waals surface area contributed by atoms with Gasteiger partial charge in [0, 0.05) is 31.1 Å². The highest BCUT2D eigenvalue weighted by atomic mass is 16.7. The minimum atomic E-state index is -0.898. The van der Waals surface area contributed by atoms with Crippen molar-refractivity contribution in [1.29, 1.82) is 0 Å². The molecule has 30 heteroatoms. The van der Waals surface area contributed by atoms with Crippen molar-refractivity contribution >= 4 is 89.5 Å². The third-order valence-electron chi connectivity index (χ3n) is 16.4. The summed E-state index contributed by atoms with van der Waals surface area (Å²) < 4.78 is 73.5. The normalized spacial score (nSPS) is 21.6. The Labute approximate surface area is 574 Å². The van der Waals surface area contributed by atoms with Gasteiger partial charge in [0.1, 0.15) is 32.0 Å². The fourth-order valence-electron chi connectivity index (χ4n) is 7.41. The van der Waals surface area contributed by atoms with Crippen molar-refractivity contribution in [2.75, 3.05) is 52.9 Å². The summed E-state index contributed by atoms with van der Waals surface area (Å²) in [6, 6.07) is 0. The lowest BCUT2D eigenvalue weighted by Crippen LogP contribution is -2.32. The average Bonchev–Trinajstić information content (AvgIpc) is 1.59. The maximum Gasteiger partial charge on any atom is 0.347 e. The van der Waals surface area contributed by atoms with Gasteiger partial charge in [0.25, 0.3) is 0 Å². The zero-order valence-electron chi connectivity index (χ0n) is 59.9. The third kappa shape index (κ3) is 31.7. The summed E-state index contributed by atoms with van der Waals surface area (Å²) in [7, 11) is 0. The van der Waals surface area contributed by atoms with E-state index in [0.29, 0.717) is 51.4 Å². The van der Waals surface area contributed by atoms with Gasteiger partial charge in [-0.3, -0.25) is 38.4 Å². The fourth-order valence-corrected chi connectivity index (χ4v) is 7.41. The first-order chi connectivity index (χ1) is 44.9. The molecule has 0 aromatic carbocycles. The minimum absolute atomic E-state index is 0. The second-order valence-corrected chi connectivity index (χ2v) is 26.9. The lowest BCUT2D eigenvalue weighted by molar-refractivity contribution is -0.171. The van der Waals surface area contributed by atoms with Crippen LogP contribution in [0.4, 0.5) is 0 Å². The fraction of sp³-hybridized carbons (Fsp3) is 0.779. The van der Waals surface area contributed by atoms with Crippen molar-refractivity contribution < 1.29 is 143 Å². The molecule has 0 aliphatic carbocycles. The van der Waals surface area contributed by atoms with Crippen molar-refractivity contribution in [2.24, 2.45) is 38.9 Å². The Kier molecular flexibility index (Phi) is 38.7. The van der Waals surface area contributed by atoms with Crippen LogP contribution < -0.4 is 0 Å². The molecule has 5 saturated heterocycles. The van der Waals surface area contributed by atoms with Crippen molar-refractivity contribution in [3.05, 3.63) is 0 Å². The molecule has 0 N–H and O–H groups in total. The molecule has 0 aromatic rings. The smallest absolute Gasteiger partial charge is 0.347 e. The van der Waals surface area contributed by atoms with E-state index in [2.05, 4.69) is 4.74 Å². The molecule has 0 saturated carbocycles. The summed E-state index contributed by atoms with van der Waals surface area (Å²) in [6.07, 6.45) is -0.698. The molecule has 30 nitrogen and oxygen atoms in total. The largest absolute Gasteiger partial charge is 0.465 e. The Balaban J connectivity index is 0.00000120. The van der Waals surface area contributed by atoms with E-state index in [1.54, 1.807) is 96.9 Å². The molecule has 98 heavy (non-hydrogen) atoms. The van der Waals surface area contributed by atoms with Crippen LogP contribution in [0.15, 0.2) is 0 Å². The van der Waals surface area contributed by atoms with E-state index in [1.165, 1.54) is 0 Å². The number of ether oxygens (including phenoxy) is 15. The van der Waals surface area contributed by atoms with Crippen molar-refractivity contribution in [1.82, 2.24) is 0 Å². The van der Waals surface area contributed by atoms with E-state index < -0.39 is 142 Å². The Bertz CT molecular complexity index is 2720. The van der Waals surface area contributed by atoms with Crippen LogP contribution in [0.3, 0.4) is 0 Å². The minimum Gasteiger partial charge on any atom is -0.465 e. The molecule has 0 bridgehead atoms. The highest BCUT2D eigenvalue weighted by Gasteiger charge is 2.41. The summed E-state index contributed by atoms with van der Waals surface area (Å²) in [6.45, 7) is 33.6. The molecule has 0 radical (unpaired) electrons. The quantitative estimate of drug-likeness (QED) is 0.0552. The maximum absolute atomic E-state index is 11.7. The van der Waals surface area contributed by atoms with Crippen molar-refractivity contribution in [2.45, 2.75) is 252 Å². The number of carbonyl (C=O) groups excluding carboxylic acids is 15. The maximum atomic E-state index is 11.7. The van der Waals surface area contributed by atoms with E-state index in [9.17, 15) is 71.9 Å². The van der Waals surface area contributed by atoms with Crippen LogP contribution in [0.5, 0.6) is 0 Å². The molecule has 9 unspecified atom stereocenters. The summed E-state index contributed by atoms with van der Waals surface area (Å²) in [5.41, 5.74) is -2.96. The third-order valence-corrected chi connectivity index (χ3v) is 16.4. The molecular formula is C68H108O30. The molecule has 5 aliphatic rings. The van der Waals surface area contributed by atoms with Crippen LogP contribution in [-0.2, 0) is 143 Å².